The summed E-state index contributed by atoms with van der Waals surface area (Å²) in [6.45, 7) is 5.32. The van der Waals surface area contributed by atoms with Crippen LogP contribution in [0.4, 0.5) is 5.69 Å². The highest BCUT2D eigenvalue weighted by Gasteiger charge is 2.20. The molecule has 4 aromatic rings. The first-order chi connectivity index (χ1) is 15.8. The topological polar surface area (TPSA) is 90.3 Å². The molecule has 0 radical (unpaired) electrons. The maximum atomic E-state index is 12.9. The van der Waals surface area contributed by atoms with Crippen LogP contribution in [-0.2, 0) is 9.53 Å². The Hall–Kier alpha value is -4.26. The summed E-state index contributed by atoms with van der Waals surface area (Å²) in [6.07, 6.45) is 0. The van der Waals surface area contributed by atoms with Gasteiger partial charge in [-0.2, -0.15) is 9.78 Å². The van der Waals surface area contributed by atoms with Crippen LogP contribution in [0, 0.1) is 20.8 Å². The van der Waals surface area contributed by atoms with Crippen molar-refractivity contribution in [3.8, 4) is 5.69 Å². The molecule has 1 N–H and O–H groups in total. The molecule has 4 rings (SSSR count). The van der Waals surface area contributed by atoms with Crippen molar-refractivity contribution in [2.75, 3.05) is 11.9 Å². The van der Waals surface area contributed by atoms with E-state index in [1.165, 1.54) is 0 Å². The summed E-state index contributed by atoms with van der Waals surface area (Å²) in [6, 6.07) is 19.4. The molecule has 3 aromatic carbocycles. The van der Waals surface area contributed by atoms with Crippen LogP contribution >= 0.6 is 0 Å². The summed E-state index contributed by atoms with van der Waals surface area (Å²) in [7, 11) is 0. The fourth-order valence-corrected chi connectivity index (χ4v) is 3.84. The van der Waals surface area contributed by atoms with E-state index in [4.69, 9.17) is 4.74 Å². The number of ether oxygens (including phenoxy) is 1. The molecule has 0 aliphatic rings. The highest BCUT2D eigenvalue weighted by Crippen LogP contribution is 2.22. The van der Waals surface area contributed by atoms with E-state index in [0.717, 1.165) is 21.4 Å². The van der Waals surface area contributed by atoms with Gasteiger partial charge in [-0.1, -0.05) is 54.1 Å². The van der Waals surface area contributed by atoms with Crippen LogP contribution in [0.5, 0.6) is 0 Å². The predicted molar refractivity (Wildman–Crippen MR) is 127 cm³/mol. The Morgan fingerprint density at radius 3 is 2.18 bits per heavy atom. The van der Waals surface area contributed by atoms with Gasteiger partial charge in [-0.05, 0) is 50.1 Å². The third kappa shape index (κ3) is 4.52. The molecule has 0 saturated heterocycles. The molecular formula is C26H23N3O4. The quantitative estimate of drug-likeness (QED) is 0.471. The number of hydrogen-bond donors (Lipinski definition) is 1. The molecular weight excluding hydrogens is 418 g/mol. The Bertz CT molecular complexity index is 1400. The van der Waals surface area contributed by atoms with E-state index in [9.17, 15) is 14.4 Å². The number of anilines is 1. The van der Waals surface area contributed by atoms with Gasteiger partial charge in [0.1, 0.15) is 0 Å². The number of carbonyl (C=O) groups is 2. The summed E-state index contributed by atoms with van der Waals surface area (Å²) in [5.41, 5.74) is 3.78. The molecule has 33 heavy (non-hydrogen) atoms. The maximum absolute atomic E-state index is 12.9. The number of amides is 1. The number of carbonyl (C=O) groups excluding carboxylic acids is 2. The number of nitrogens with one attached hydrogen (secondary N) is 1. The molecule has 0 aliphatic heterocycles. The normalized spacial score (nSPS) is 10.8. The molecule has 1 aromatic heterocycles. The lowest BCUT2D eigenvalue weighted by Gasteiger charge is -2.13. The van der Waals surface area contributed by atoms with Crippen molar-refractivity contribution < 1.29 is 14.3 Å². The van der Waals surface area contributed by atoms with Crippen molar-refractivity contribution in [2.45, 2.75) is 20.8 Å². The van der Waals surface area contributed by atoms with Crippen molar-refractivity contribution in [3.63, 3.8) is 0 Å². The molecule has 7 heteroatoms. The fraction of sp³-hybridized carbons (Fsp3) is 0.154. The smallest absolute Gasteiger partial charge is 0.359 e. The minimum Gasteiger partial charge on any atom is -0.451 e. The molecule has 0 aliphatic carbocycles. The Morgan fingerprint density at radius 2 is 1.52 bits per heavy atom. The maximum Gasteiger partial charge on any atom is 0.359 e. The van der Waals surface area contributed by atoms with Gasteiger partial charge >= 0.3 is 5.97 Å². The van der Waals surface area contributed by atoms with Gasteiger partial charge in [-0.3, -0.25) is 9.59 Å². The van der Waals surface area contributed by atoms with Crippen LogP contribution < -0.4 is 10.9 Å². The van der Waals surface area contributed by atoms with Crippen LogP contribution in [0.25, 0.3) is 16.5 Å². The number of nitrogens with zero attached hydrogens (tertiary/aromatic N) is 2. The number of esters is 1. The lowest BCUT2D eigenvalue weighted by molar-refractivity contribution is -0.119. The third-order valence-corrected chi connectivity index (χ3v) is 5.27. The van der Waals surface area contributed by atoms with Gasteiger partial charge in [0.05, 0.1) is 11.1 Å². The van der Waals surface area contributed by atoms with Gasteiger partial charge in [0, 0.05) is 11.1 Å². The largest absolute Gasteiger partial charge is 0.451 e. The standard InChI is InChI=1S/C26H23N3O4/c1-16-13-17(2)23(18(3)14-16)27-22(30)15-33-26(32)24-20-11-7-8-12-21(20)25(31)29(28-24)19-9-5-4-6-10-19/h4-14H,15H2,1-3H3,(H,27,30). The summed E-state index contributed by atoms with van der Waals surface area (Å²) in [5, 5.41) is 7.77. The summed E-state index contributed by atoms with van der Waals surface area (Å²) in [4.78, 5) is 38.3. The second-order valence-corrected chi connectivity index (χ2v) is 7.84. The van der Waals surface area contributed by atoms with Gasteiger partial charge < -0.3 is 10.1 Å². The average Bonchev–Trinajstić information content (AvgIpc) is 2.81. The molecule has 0 saturated carbocycles. The number of aromatic nitrogens is 2. The van der Waals surface area contributed by atoms with Crippen molar-refractivity contribution in [2.24, 2.45) is 0 Å². The van der Waals surface area contributed by atoms with Gasteiger partial charge in [-0.15, -0.1) is 0 Å². The molecule has 166 valence electrons. The molecule has 1 heterocycles. The van der Waals surface area contributed by atoms with Crippen LogP contribution in [0.3, 0.4) is 0 Å². The minimum atomic E-state index is -0.789. The average molecular weight is 441 g/mol. The Morgan fingerprint density at radius 1 is 0.909 bits per heavy atom. The van der Waals surface area contributed by atoms with E-state index < -0.39 is 18.5 Å². The van der Waals surface area contributed by atoms with E-state index in [2.05, 4.69) is 10.4 Å². The minimum absolute atomic E-state index is 0.0375. The second-order valence-electron chi connectivity index (χ2n) is 7.84. The number of rotatable bonds is 5. The van der Waals surface area contributed by atoms with Crippen molar-refractivity contribution in [1.29, 1.82) is 0 Å². The molecule has 0 unspecified atom stereocenters. The van der Waals surface area contributed by atoms with Crippen LogP contribution in [0.1, 0.15) is 27.2 Å². The van der Waals surface area contributed by atoms with Crippen LogP contribution in [0.2, 0.25) is 0 Å². The summed E-state index contributed by atoms with van der Waals surface area (Å²) in [5.74, 6) is -1.25. The van der Waals surface area contributed by atoms with E-state index in [-0.39, 0.29) is 11.3 Å². The van der Waals surface area contributed by atoms with Gasteiger partial charge in [0.25, 0.3) is 11.5 Å². The first-order valence-electron chi connectivity index (χ1n) is 10.5. The SMILES string of the molecule is Cc1cc(C)c(NC(=O)COC(=O)c2nn(-c3ccccc3)c(=O)c3ccccc23)c(C)c1. The lowest BCUT2D eigenvalue weighted by Crippen LogP contribution is -2.27. The van der Waals surface area contributed by atoms with E-state index in [1.807, 2.05) is 39.0 Å². The van der Waals surface area contributed by atoms with E-state index in [1.54, 1.807) is 48.5 Å². The first kappa shape index (κ1) is 22.0. The number of para-hydroxylation sites is 1. The van der Waals surface area contributed by atoms with E-state index >= 15 is 0 Å². The van der Waals surface area contributed by atoms with Gasteiger partial charge in [0.15, 0.2) is 12.3 Å². The van der Waals surface area contributed by atoms with E-state index in [0.29, 0.717) is 22.1 Å². The van der Waals surface area contributed by atoms with Crippen molar-refractivity contribution in [3.05, 3.63) is 99.5 Å². The third-order valence-electron chi connectivity index (χ3n) is 5.27. The highest BCUT2D eigenvalue weighted by atomic mass is 16.5. The van der Waals surface area contributed by atoms with Crippen molar-refractivity contribution in [1.82, 2.24) is 9.78 Å². The van der Waals surface area contributed by atoms with Crippen LogP contribution in [-0.4, -0.2) is 28.3 Å². The van der Waals surface area contributed by atoms with Crippen molar-refractivity contribution >= 4 is 28.3 Å². The zero-order valence-corrected chi connectivity index (χ0v) is 18.6. The number of fused-ring (bicyclic) bond motifs is 1. The highest BCUT2D eigenvalue weighted by molar-refractivity contribution is 6.03. The molecule has 0 atom stereocenters. The Kier molecular flexibility index (Phi) is 6.04. The Balaban J connectivity index is 1.60. The first-order valence-corrected chi connectivity index (χ1v) is 10.5. The molecule has 0 fully saturated rings. The number of aryl methyl sites for hydroxylation is 3. The summed E-state index contributed by atoms with van der Waals surface area (Å²) >= 11 is 0. The molecule has 1 amide bonds. The molecule has 0 bridgehead atoms. The molecule has 0 spiro atoms. The molecule has 7 nitrogen and oxygen atoms in total. The predicted octanol–water partition coefficient (Wildman–Crippen LogP) is 4.11. The monoisotopic (exact) mass is 441 g/mol. The summed E-state index contributed by atoms with van der Waals surface area (Å²) < 4.78 is 6.44. The second kappa shape index (κ2) is 9.08. The lowest BCUT2D eigenvalue weighted by atomic mass is 10.1. The van der Waals surface area contributed by atoms with Gasteiger partial charge in [0.2, 0.25) is 0 Å². The zero-order valence-electron chi connectivity index (χ0n) is 18.6. The van der Waals surface area contributed by atoms with Crippen LogP contribution in [0.15, 0.2) is 71.5 Å². The van der Waals surface area contributed by atoms with Gasteiger partial charge in [-0.25, -0.2) is 4.79 Å². The number of hydrogen-bond acceptors (Lipinski definition) is 5. The fourth-order valence-electron chi connectivity index (χ4n) is 3.84. The Labute approximate surface area is 190 Å². The number of benzene rings is 3. The zero-order chi connectivity index (χ0) is 23.5.